The molecule has 0 amide bonds. The highest BCUT2D eigenvalue weighted by molar-refractivity contribution is 4.77. The van der Waals surface area contributed by atoms with Gasteiger partial charge in [0.15, 0.2) is 0 Å². The van der Waals surface area contributed by atoms with E-state index >= 15 is 0 Å². The van der Waals surface area contributed by atoms with Crippen LogP contribution in [-0.4, -0.2) is 38.0 Å². The van der Waals surface area contributed by atoms with Crippen molar-refractivity contribution in [2.45, 2.75) is 70.1 Å². The third-order valence-electron chi connectivity index (χ3n) is 3.98. The average Bonchev–Trinajstić information content (AvgIpc) is 2.85. The zero-order valence-corrected chi connectivity index (χ0v) is 11.1. The first kappa shape index (κ1) is 13.3. The second-order valence-corrected chi connectivity index (χ2v) is 5.33. The van der Waals surface area contributed by atoms with Crippen LogP contribution in [0.15, 0.2) is 0 Å². The first-order valence-electron chi connectivity index (χ1n) is 7.35. The van der Waals surface area contributed by atoms with Crippen LogP contribution in [0.4, 0.5) is 0 Å². The Hall–Kier alpha value is -0.120. The molecule has 1 unspecified atom stereocenters. The van der Waals surface area contributed by atoms with Crippen molar-refractivity contribution >= 4 is 0 Å². The Morgan fingerprint density at radius 1 is 1.18 bits per heavy atom. The van der Waals surface area contributed by atoms with Gasteiger partial charge in [-0.25, -0.2) is 0 Å². The highest BCUT2D eigenvalue weighted by atomic mass is 16.5. The molecule has 0 spiro atoms. The maximum atomic E-state index is 5.96. The van der Waals surface area contributed by atoms with Crippen LogP contribution in [0.25, 0.3) is 0 Å². The minimum Gasteiger partial charge on any atom is -0.378 e. The second-order valence-electron chi connectivity index (χ2n) is 5.33. The maximum absolute atomic E-state index is 5.96. The number of ether oxygens (including phenoxy) is 2. The number of nitrogens with one attached hydrogen (secondary N) is 1. The SMILES string of the molecule is CCNC1CCC(OCCC2CCCO2)CC1. The van der Waals surface area contributed by atoms with E-state index in [0.29, 0.717) is 12.2 Å². The van der Waals surface area contributed by atoms with Crippen molar-refractivity contribution < 1.29 is 9.47 Å². The van der Waals surface area contributed by atoms with Crippen molar-refractivity contribution in [2.24, 2.45) is 0 Å². The smallest absolute Gasteiger partial charge is 0.0597 e. The summed E-state index contributed by atoms with van der Waals surface area (Å²) in [7, 11) is 0. The normalized spacial score (nSPS) is 34.1. The van der Waals surface area contributed by atoms with Gasteiger partial charge in [0, 0.05) is 19.3 Å². The van der Waals surface area contributed by atoms with Crippen LogP contribution >= 0.6 is 0 Å². The summed E-state index contributed by atoms with van der Waals surface area (Å²) < 4.78 is 11.6. The summed E-state index contributed by atoms with van der Waals surface area (Å²) in [6.07, 6.45) is 9.55. The van der Waals surface area contributed by atoms with Crippen LogP contribution in [0.1, 0.15) is 51.9 Å². The molecule has 2 aliphatic rings. The van der Waals surface area contributed by atoms with Crippen LogP contribution in [0, 0.1) is 0 Å². The molecule has 1 aliphatic carbocycles. The van der Waals surface area contributed by atoms with Gasteiger partial charge in [-0.2, -0.15) is 0 Å². The fourth-order valence-electron chi connectivity index (χ4n) is 2.96. The topological polar surface area (TPSA) is 30.5 Å². The van der Waals surface area contributed by atoms with E-state index in [-0.39, 0.29) is 0 Å². The minimum absolute atomic E-state index is 0.480. The molecule has 1 atom stereocenters. The van der Waals surface area contributed by atoms with E-state index < -0.39 is 0 Å². The van der Waals surface area contributed by atoms with Crippen LogP contribution < -0.4 is 5.32 Å². The van der Waals surface area contributed by atoms with Gasteiger partial charge in [0.05, 0.1) is 12.2 Å². The molecule has 2 rings (SSSR count). The van der Waals surface area contributed by atoms with Gasteiger partial charge in [-0.15, -0.1) is 0 Å². The summed E-state index contributed by atoms with van der Waals surface area (Å²) in [5.41, 5.74) is 0. The van der Waals surface area contributed by atoms with Crippen LogP contribution in [0.5, 0.6) is 0 Å². The molecule has 2 fully saturated rings. The lowest BCUT2D eigenvalue weighted by Crippen LogP contribution is -2.35. The maximum Gasteiger partial charge on any atom is 0.0597 e. The summed E-state index contributed by atoms with van der Waals surface area (Å²) in [4.78, 5) is 0. The van der Waals surface area contributed by atoms with Crippen molar-refractivity contribution in [1.29, 1.82) is 0 Å². The van der Waals surface area contributed by atoms with E-state index in [1.54, 1.807) is 0 Å². The zero-order valence-electron chi connectivity index (χ0n) is 11.1. The predicted molar refractivity (Wildman–Crippen MR) is 69.3 cm³/mol. The third kappa shape index (κ3) is 4.57. The molecule has 0 aromatic rings. The van der Waals surface area contributed by atoms with Gasteiger partial charge in [-0.05, 0) is 51.5 Å². The van der Waals surface area contributed by atoms with Gasteiger partial charge in [-0.1, -0.05) is 6.92 Å². The van der Waals surface area contributed by atoms with Gasteiger partial charge in [0.2, 0.25) is 0 Å². The van der Waals surface area contributed by atoms with Crippen LogP contribution in [-0.2, 0) is 9.47 Å². The molecular formula is C14H27NO2. The van der Waals surface area contributed by atoms with E-state index in [0.717, 1.165) is 32.2 Å². The third-order valence-corrected chi connectivity index (χ3v) is 3.98. The lowest BCUT2D eigenvalue weighted by molar-refractivity contribution is -0.000193. The van der Waals surface area contributed by atoms with Crippen LogP contribution in [0.3, 0.4) is 0 Å². The highest BCUT2D eigenvalue weighted by Crippen LogP contribution is 2.22. The zero-order chi connectivity index (χ0) is 11.9. The Labute approximate surface area is 105 Å². The molecule has 0 radical (unpaired) electrons. The second kappa shape index (κ2) is 7.34. The molecule has 1 saturated heterocycles. The van der Waals surface area contributed by atoms with E-state index in [2.05, 4.69) is 12.2 Å². The molecule has 3 heteroatoms. The van der Waals surface area contributed by atoms with Gasteiger partial charge in [0.1, 0.15) is 0 Å². The molecule has 3 nitrogen and oxygen atoms in total. The number of rotatable bonds is 6. The quantitative estimate of drug-likeness (QED) is 0.775. The number of hydrogen-bond acceptors (Lipinski definition) is 3. The van der Waals surface area contributed by atoms with Crippen molar-refractivity contribution in [3.05, 3.63) is 0 Å². The monoisotopic (exact) mass is 241 g/mol. The van der Waals surface area contributed by atoms with Crippen molar-refractivity contribution in [1.82, 2.24) is 5.32 Å². The van der Waals surface area contributed by atoms with E-state index in [1.807, 2.05) is 0 Å². The summed E-state index contributed by atoms with van der Waals surface area (Å²) in [5, 5.41) is 3.53. The molecule has 17 heavy (non-hydrogen) atoms. The Bertz CT molecular complexity index is 196. The molecule has 1 N–H and O–H groups in total. The first-order valence-corrected chi connectivity index (χ1v) is 7.35. The summed E-state index contributed by atoms with van der Waals surface area (Å²) in [5.74, 6) is 0. The Balaban J connectivity index is 1.52. The Kier molecular flexibility index (Phi) is 5.75. The standard InChI is InChI=1S/C14H27NO2/c1-2-15-12-5-7-14(8-6-12)17-11-9-13-4-3-10-16-13/h12-15H,2-11H2,1H3. The Morgan fingerprint density at radius 2 is 2.00 bits per heavy atom. The summed E-state index contributed by atoms with van der Waals surface area (Å²) in [6.45, 7) is 5.12. The van der Waals surface area contributed by atoms with Crippen LogP contribution in [0.2, 0.25) is 0 Å². The van der Waals surface area contributed by atoms with E-state index in [4.69, 9.17) is 9.47 Å². The van der Waals surface area contributed by atoms with Gasteiger partial charge in [0.25, 0.3) is 0 Å². The van der Waals surface area contributed by atoms with E-state index in [1.165, 1.54) is 38.5 Å². The van der Waals surface area contributed by atoms with Gasteiger partial charge < -0.3 is 14.8 Å². The van der Waals surface area contributed by atoms with Gasteiger partial charge in [-0.3, -0.25) is 0 Å². The van der Waals surface area contributed by atoms with Crippen molar-refractivity contribution in [2.75, 3.05) is 19.8 Å². The Morgan fingerprint density at radius 3 is 2.65 bits per heavy atom. The molecule has 0 aromatic carbocycles. The minimum atomic E-state index is 0.480. The fraction of sp³-hybridized carbons (Fsp3) is 1.00. The lowest BCUT2D eigenvalue weighted by Gasteiger charge is -2.29. The first-order chi connectivity index (χ1) is 8.38. The van der Waals surface area contributed by atoms with Crippen molar-refractivity contribution in [3.63, 3.8) is 0 Å². The lowest BCUT2D eigenvalue weighted by atomic mass is 9.93. The summed E-state index contributed by atoms with van der Waals surface area (Å²) >= 11 is 0. The van der Waals surface area contributed by atoms with Gasteiger partial charge >= 0.3 is 0 Å². The molecule has 1 aliphatic heterocycles. The van der Waals surface area contributed by atoms with E-state index in [9.17, 15) is 0 Å². The summed E-state index contributed by atoms with van der Waals surface area (Å²) in [6, 6.07) is 0.734. The molecule has 0 aromatic heterocycles. The molecule has 1 saturated carbocycles. The molecule has 100 valence electrons. The fourth-order valence-corrected chi connectivity index (χ4v) is 2.96. The number of hydrogen-bond donors (Lipinski definition) is 1. The molecule has 1 heterocycles. The van der Waals surface area contributed by atoms with Crippen molar-refractivity contribution in [3.8, 4) is 0 Å². The average molecular weight is 241 g/mol. The highest BCUT2D eigenvalue weighted by Gasteiger charge is 2.21. The largest absolute Gasteiger partial charge is 0.378 e. The predicted octanol–water partition coefficient (Wildman–Crippen LogP) is 2.49. The molecular weight excluding hydrogens is 214 g/mol. The molecule has 0 bridgehead atoms.